The topological polar surface area (TPSA) is 55.8 Å². The van der Waals surface area contributed by atoms with E-state index in [0.717, 1.165) is 18.1 Å². The SMILES string of the molecule is COC(=O)C1CC1COc1ccc(-c2cc(O)cc(F)c2)cc1. The molecule has 0 aliphatic heterocycles. The lowest BCUT2D eigenvalue weighted by Crippen LogP contribution is -2.08. The molecule has 2 atom stereocenters. The van der Waals surface area contributed by atoms with Crippen LogP contribution in [-0.2, 0) is 9.53 Å². The molecule has 2 unspecified atom stereocenters. The van der Waals surface area contributed by atoms with Gasteiger partial charge in [-0.15, -0.1) is 0 Å². The summed E-state index contributed by atoms with van der Waals surface area (Å²) in [5, 5.41) is 9.45. The van der Waals surface area contributed by atoms with Crippen LogP contribution in [0.3, 0.4) is 0 Å². The van der Waals surface area contributed by atoms with Gasteiger partial charge in [0.25, 0.3) is 0 Å². The minimum Gasteiger partial charge on any atom is -0.508 e. The number of carbonyl (C=O) groups is 1. The summed E-state index contributed by atoms with van der Waals surface area (Å²) in [5.41, 5.74) is 1.38. The standard InChI is InChI=1S/C18H17FO4/c1-22-18(21)17-8-13(17)10-23-16-4-2-11(3-5-16)12-6-14(19)9-15(20)7-12/h2-7,9,13,17,20H,8,10H2,1H3. The smallest absolute Gasteiger partial charge is 0.309 e. The highest BCUT2D eigenvalue weighted by Crippen LogP contribution is 2.39. The van der Waals surface area contributed by atoms with E-state index >= 15 is 0 Å². The minimum atomic E-state index is -0.483. The first-order valence-electron chi connectivity index (χ1n) is 7.37. The van der Waals surface area contributed by atoms with Crippen LogP contribution in [0.5, 0.6) is 11.5 Å². The number of phenolic OH excluding ortho intramolecular Hbond substituents is 1. The third-order valence-corrected chi connectivity index (χ3v) is 3.96. The molecule has 5 heteroatoms. The summed E-state index contributed by atoms with van der Waals surface area (Å²) < 4.78 is 23.7. The van der Waals surface area contributed by atoms with Gasteiger partial charge in [-0.05, 0) is 41.8 Å². The molecule has 1 aliphatic rings. The molecular formula is C18H17FO4. The Bertz CT molecular complexity index is 691. The molecule has 0 amide bonds. The number of carbonyl (C=O) groups excluding carboxylic acids is 1. The lowest BCUT2D eigenvalue weighted by molar-refractivity contribution is -0.142. The van der Waals surface area contributed by atoms with Gasteiger partial charge in [0.2, 0.25) is 0 Å². The lowest BCUT2D eigenvalue weighted by atomic mass is 10.1. The van der Waals surface area contributed by atoms with Crippen LogP contribution in [0.25, 0.3) is 11.1 Å². The van der Waals surface area contributed by atoms with Gasteiger partial charge in [-0.2, -0.15) is 0 Å². The molecule has 0 saturated heterocycles. The van der Waals surface area contributed by atoms with Crippen molar-refractivity contribution in [3.8, 4) is 22.6 Å². The van der Waals surface area contributed by atoms with Gasteiger partial charge >= 0.3 is 5.97 Å². The Labute approximate surface area is 133 Å². The van der Waals surface area contributed by atoms with Gasteiger partial charge < -0.3 is 14.6 Å². The fourth-order valence-electron chi connectivity index (χ4n) is 2.56. The molecule has 0 aromatic heterocycles. The largest absolute Gasteiger partial charge is 0.508 e. The number of hydrogen-bond acceptors (Lipinski definition) is 4. The molecule has 2 aromatic carbocycles. The van der Waals surface area contributed by atoms with Crippen molar-refractivity contribution in [2.24, 2.45) is 11.8 Å². The minimum absolute atomic E-state index is 0.0467. The average Bonchev–Trinajstić information content (AvgIpc) is 3.31. The summed E-state index contributed by atoms with van der Waals surface area (Å²) in [6.45, 7) is 0.472. The predicted molar refractivity (Wildman–Crippen MR) is 82.6 cm³/mol. The summed E-state index contributed by atoms with van der Waals surface area (Å²) in [6.07, 6.45) is 0.799. The maximum atomic E-state index is 13.3. The van der Waals surface area contributed by atoms with E-state index in [2.05, 4.69) is 0 Å². The van der Waals surface area contributed by atoms with Crippen LogP contribution in [0.2, 0.25) is 0 Å². The molecule has 2 aromatic rings. The number of esters is 1. The molecule has 1 aliphatic carbocycles. The van der Waals surface area contributed by atoms with Crippen LogP contribution in [-0.4, -0.2) is 24.8 Å². The fourth-order valence-corrected chi connectivity index (χ4v) is 2.56. The first kappa shape index (κ1) is 15.3. The summed E-state index contributed by atoms with van der Waals surface area (Å²) in [4.78, 5) is 11.3. The van der Waals surface area contributed by atoms with Crippen LogP contribution < -0.4 is 4.74 Å². The number of benzene rings is 2. The maximum Gasteiger partial charge on any atom is 0.309 e. The average molecular weight is 316 g/mol. The Balaban J connectivity index is 1.60. The third kappa shape index (κ3) is 3.62. The van der Waals surface area contributed by atoms with Gasteiger partial charge in [0.1, 0.15) is 17.3 Å². The van der Waals surface area contributed by atoms with E-state index in [4.69, 9.17) is 9.47 Å². The zero-order valence-corrected chi connectivity index (χ0v) is 12.7. The highest BCUT2D eigenvalue weighted by Gasteiger charge is 2.44. The van der Waals surface area contributed by atoms with Gasteiger partial charge in [-0.3, -0.25) is 4.79 Å². The van der Waals surface area contributed by atoms with Gasteiger partial charge in [0, 0.05) is 12.0 Å². The van der Waals surface area contributed by atoms with Crippen molar-refractivity contribution in [2.45, 2.75) is 6.42 Å². The molecule has 3 rings (SSSR count). The van der Waals surface area contributed by atoms with Crippen LogP contribution in [0, 0.1) is 17.7 Å². The Morgan fingerprint density at radius 3 is 2.61 bits per heavy atom. The van der Waals surface area contributed by atoms with E-state index in [-0.39, 0.29) is 23.6 Å². The van der Waals surface area contributed by atoms with E-state index in [0.29, 0.717) is 17.9 Å². The molecule has 120 valence electrons. The highest BCUT2D eigenvalue weighted by atomic mass is 19.1. The number of phenols is 1. The molecule has 0 heterocycles. The van der Waals surface area contributed by atoms with E-state index in [1.54, 1.807) is 24.3 Å². The number of halogens is 1. The number of ether oxygens (including phenoxy) is 2. The van der Waals surface area contributed by atoms with Crippen molar-refractivity contribution in [1.82, 2.24) is 0 Å². The zero-order valence-electron chi connectivity index (χ0n) is 12.7. The van der Waals surface area contributed by atoms with E-state index in [1.807, 2.05) is 0 Å². The maximum absolute atomic E-state index is 13.3. The highest BCUT2D eigenvalue weighted by molar-refractivity contribution is 5.75. The molecule has 1 saturated carbocycles. The Morgan fingerprint density at radius 1 is 1.22 bits per heavy atom. The van der Waals surface area contributed by atoms with Crippen molar-refractivity contribution >= 4 is 5.97 Å². The van der Waals surface area contributed by atoms with E-state index < -0.39 is 5.82 Å². The fraction of sp³-hybridized carbons (Fsp3) is 0.278. The molecule has 23 heavy (non-hydrogen) atoms. The molecule has 0 bridgehead atoms. The van der Waals surface area contributed by atoms with Gasteiger partial charge in [-0.1, -0.05) is 12.1 Å². The lowest BCUT2D eigenvalue weighted by Gasteiger charge is -2.08. The summed E-state index contributed by atoms with van der Waals surface area (Å²) in [6, 6.07) is 11.1. The van der Waals surface area contributed by atoms with E-state index in [1.165, 1.54) is 19.2 Å². The van der Waals surface area contributed by atoms with Crippen LogP contribution >= 0.6 is 0 Å². The normalized spacial score (nSPS) is 19.2. The zero-order chi connectivity index (χ0) is 16.4. The molecular weight excluding hydrogens is 299 g/mol. The van der Waals surface area contributed by atoms with Crippen LogP contribution in [0.1, 0.15) is 6.42 Å². The number of aromatic hydroxyl groups is 1. The first-order chi connectivity index (χ1) is 11.1. The Morgan fingerprint density at radius 2 is 1.96 bits per heavy atom. The molecule has 1 fully saturated rings. The molecule has 0 radical (unpaired) electrons. The first-order valence-corrected chi connectivity index (χ1v) is 7.37. The predicted octanol–water partition coefficient (Wildman–Crippen LogP) is 3.39. The van der Waals surface area contributed by atoms with Crippen molar-refractivity contribution in [3.05, 3.63) is 48.3 Å². The van der Waals surface area contributed by atoms with Crippen molar-refractivity contribution in [3.63, 3.8) is 0 Å². The van der Waals surface area contributed by atoms with Gasteiger partial charge in [0.05, 0.1) is 19.6 Å². The second kappa shape index (κ2) is 6.28. The van der Waals surface area contributed by atoms with Crippen LogP contribution in [0.15, 0.2) is 42.5 Å². The quantitative estimate of drug-likeness (QED) is 0.859. The molecule has 4 nitrogen and oxygen atoms in total. The van der Waals surface area contributed by atoms with Crippen molar-refractivity contribution < 1.29 is 23.8 Å². The van der Waals surface area contributed by atoms with Gasteiger partial charge in [-0.25, -0.2) is 4.39 Å². The Kier molecular flexibility index (Phi) is 4.19. The number of hydrogen-bond donors (Lipinski definition) is 1. The van der Waals surface area contributed by atoms with Crippen molar-refractivity contribution in [2.75, 3.05) is 13.7 Å². The molecule has 1 N–H and O–H groups in total. The second-order valence-corrected chi connectivity index (χ2v) is 5.66. The summed E-state index contributed by atoms with van der Waals surface area (Å²) in [7, 11) is 1.39. The van der Waals surface area contributed by atoms with Gasteiger partial charge in [0.15, 0.2) is 0 Å². The summed E-state index contributed by atoms with van der Waals surface area (Å²) >= 11 is 0. The third-order valence-electron chi connectivity index (χ3n) is 3.96. The van der Waals surface area contributed by atoms with Crippen LogP contribution in [0.4, 0.5) is 4.39 Å². The summed E-state index contributed by atoms with van der Waals surface area (Å²) in [5.74, 6) is 0.0763. The number of rotatable bonds is 5. The van der Waals surface area contributed by atoms with Crippen molar-refractivity contribution in [1.29, 1.82) is 0 Å². The number of methoxy groups -OCH3 is 1. The Hall–Kier alpha value is -2.56. The monoisotopic (exact) mass is 316 g/mol. The van der Waals surface area contributed by atoms with E-state index in [9.17, 15) is 14.3 Å². The second-order valence-electron chi connectivity index (χ2n) is 5.66. The molecule has 0 spiro atoms.